The Morgan fingerprint density at radius 3 is 2.82 bits per heavy atom. The molecule has 0 bridgehead atoms. The summed E-state index contributed by atoms with van der Waals surface area (Å²) in [6, 6.07) is 9.65. The molecule has 1 unspecified atom stereocenters. The molecule has 3 heterocycles. The number of benzene rings is 1. The number of aromatic nitrogens is 3. The Morgan fingerprint density at radius 1 is 1.21 bits per heavy atom. The molecule has 0 radical (unpaired) electrons. The van der Waals surface area contributed by atoms with Crippen LogP contribution in [0.3, 0.4) is 0 Å². The number of carbonyl (C=O) groups excluding carboxylic acids is 1. The molecular weight excluding hydrogens is 394 g/mol. The average molecular weight is 416 g/mol. The van der Waals surface area contributed by atoms with E-state index in [9.17, 15) is 4.79 Å². The van der Waals surface area contributed by atoms with Crippen molar-refractivity contribution in [2.75, 3.05) is 13.1 Å². The van der Waals surface area contributed by atoms with Crippen LogP contribution in [0.2, 0.25) is 0 Å². The summed E-state index contributed by atoms with van der Waals surface area (Å²) >= 11 is 1.48. The first-order valence-corrected chi connectivity index (χ1v) is 9.96. The number of hydrogen-bond acceptors (Lipinski definition) is 6. The first-order valence-electron chi connectivity index (χ1n) is 9.08. The third kappa shape index (κ3) is 4.92. The van der Waals surface area contributed by atoms with Crippen LogP contribution in [0.4, 0.5) is 0 Å². The summed E-state index contributed by atoms with van der Waals surface area (Å²) in [5.41, 5.74) is 2.68. The molecule has 146 valence electrons. The number of carbonyl (C=O) groups is 1. The summed E-state index contributed by atoms with van der Waals surface area (Å²) in [7, 11) is 0. The van der Waals surface area contributed by atoms with E-state index in [1.807, 2.05) is 23.6 Å². The van der Waals surface area contributed by atoms with E-state index in [1.54, 1.807) is 18.5 Å². The summed E-state index contributed by atoms with van der Waals surface area (Å²) in [4.78, 5) is 25.7. The van der Waals surface area contributed by atoms with Crippen LogP contribution in [0.1, 0.15) is 28.0 Å². The third-order valence-electron chi connectivity index (χ3n) is 4.67. The first-order chi connectivity index (χ1) is 13.3. The highest BCUT2D eigenvalue weighted by molar-refractivity contribution is 7.13. The number of rotatable bonds is 6. The van der Waals surface area contributed by atoms with E-state index in [2.05, 4.69) is 31.7 Å². The Hall–Kier alpha value is -2.35. The van der Waals surface area contributed by atoms with Crippen molar-refractivity contribution in [3.05, 3.63) is 64.9 Å². The zero-order chi connectivity index (χ0) is 18.5. The van der Waals surface area contributed by atoms with Gasteiger partial charge in [0, 0.05) is 23.3 Å². The highest BCUT2D eigenvalue weighted by atomic mass is 35.5. The smallest absolute Gasteiger partial charge is 0.251 e. The van der Waals surface area contributed by atoms with E-state index in [0.29, 0.717) is 18.3 Å². The lowest BCUT2D eigenvalue weighted by molar-refractivity contribution is 0.0949. The molecule has 1 atom stereocenters. The Bertz CT molecular complexity index is 912. The van der Waals surface area contributed by atoms with Gasteiger partial charge in [-0.05, 0) is 49.5 Å². The van der Waals surface area contributed by atoms with Crippen LogP contribution in [0, 0.1) is 5.92 Å². The predicted molar refractivity (Wildman–Crippen MR) is 113 cm³/mol. The fourth-order valence-electron chi connectivity index (χ4n) is 3.29. The number of thiazole rings is 1. The Balaban J connectivity index is 0.00000225. The first kappa shape index (κ1) is 20.4. The van der Waals surface area contributed by atoms with Crippen molar-refractivity contribution in [2.24, 2.45) is 5.92 Å². The monoisotopic (exact) mass is 415 g/mol. The van der Waals surface area contributed by atoms with Crippen molar-refractivity contribution in [1.29, 1.82) is 0 Å². The maximum Gasteiger partial charge on any atom is 0.251 e. The molecule has 28 heavy (non-hydrogen) atoms. The molecule has 2 N–H and O–H groups in total. The van der Waals surface area contributed by atoms with Gasteiger partial charge in [-0.25, -0.2) is 15.0 Å². The van der Waals surface area contributed by atoms with Crippen molar-refractivity contribution in [3.8, 4) is 10.8 Å². The van der Waals surface area contributed by atoms with Gasteiger partial charge in [0.25, 0.3) is 5.91 Å². The van der Waals surface area contributed by atoms with E-state index >= 15 is 0 Å². The van der Waals surface area contributed by atoms with Crippen LogP contribution >= 0.6 is 23.7 Å². The van der Waals surface area contributed by atoms with Crippen molar-refractivity contribution < 1.29 is 4.79 Å². The van der Waals surface area contributed by atoms with Crippen molar-refractivity contribution in [3.63, 3.8) is 0 Å². The fourth-order valence-corrected chi connectivity index (χ4v) is 4.05. The second-order valence-corrected chi connectivity index (χ2v) is 7.48. The lowest BCUT2D eigenvalue weighted by atomic mass is 9.94. The average Bonchev–Trinajstić information content (AvgIpc) is 3.39. The molecule has 1 amide bonds. The minimum Gasteiger partial charge on any atom is -0.346 e. The van der Waals surface area contributed by atoms with Gasteiger partial charge in [0.15, 0.2) is 10.8 Å². The molecule has 6 nitrogen and oxygen atoms in total. The van der Waals surface area contributed by atoms with Crippen LogP contribution in [0.15, 0.2) is 48.1 Å². The quantitative estimate of drug-likeness (QED) is 0.646. The van der Waals surface area contributed by atoms with Gasteiger partial charge in [0.2, 0.25) is 0 Å². The lowest BCUT2D eigenvalue weighted by Gasteiger charge is -2.13. The van der Waals surface area contributed by atoms with Gasteiger partial charge in [-0.2, -0.15) is 0 Å². The predicted octanol–water partition coefficient (Wildman–Crippen LogP) is 3.10. The maximum atomic E-state index is 12.7. The highest BCUT2D eigenvalue weighted by Crippen LogP contribution is 2.20. The van der Waals surface area contributed by atoms with E-state index in [-0.39, 0.29) is 18.3 Å². The van der Waals surface area contributed by atoms with Crippen molar-refractivity contribution >= 4 is 29.7 Å². The molecular formula is C20H22ClN5OS. The van der Waals surface area contributed by atoms with Crippen LogP contribution < -0.4 is 10.6 Å². The summed E-state index contributed by atoms with van der Waals surface area (Å²) in [6.07, 6.45) is 5.49. The minimum absolute atomic E-state index is 0. The van der Waals surface area contributed by atoms with Crippen LogP contribution in [-0.2, 0) is 13.0 Å². The van der Waals surface area contributed by atoms with E-state index < -0.39 is 0 Å². The molecule has 0 spiro atoms. The molecule has 1 aromatic carbocycles. The SMILES string of the molecule is Cl.O=C(NCc1csc(-c2ncccn2)n1)c1ccccc1CC1CCNC1. The van der Waals surface area contributed by atoms with Crippen molar-refractivity contribution in [1.82, 2.24) is 25.6 Å². The molecule has 3 aromatic rings. The Kier molecular flexibility index (Phi) is 7.08. The molecule has 1 aliphatic rings. The van der Waals surface area contributed by atoms with Gasteiger partial charge in [-0.1, -0.05) is 18.2 Å². The van der Waals surface area contributed by atoms with Gasteiger partial charge in [-0.3, -0.25) is 4.79 Å². The number of hydrogen-bond donors (Lipinski definition) is 2. The van der Waals surface area contributed by atoms with Gasteiger partial charge < -0.3 is 10.6 Å². The highest BCUT2D eigenvalue weighted by Gasteiger charge is 2.18. The van der Waals surface area contributed by atoms with Crippen LogP contribution in [0.25, 0.3) is 10.8 Å². The van der Waals surface area contributed by atoms with Gasteiger partial charge in [-0.15, -0.1) is 23.7 Å². The third-order valence-corrected chi connectivity index (χ3v) is 5.56. The standard InChI is InChI=1S/C20H21N5OS.ClH/c26-19(17-5-2-1-4-15(17)10-14-6-9-21-11-14)24-12-16-13-27-20(25-16)18-22-7-3-8-23-18;/h1-5,7-8,13-14,21H,6,9-12H2,(H,24,26);1H. The number of nitrogens with zero attached hydrogens (tertiary/aromatic N) is 3. The van der Waals surface area contributed by atoms with Gasteiger partial charge in [0.05, 0.1) is 12.2 Å². The molecule has 0 aliphatic carbocycles. The zero-order valence-corrected chi connectivity index (χ0v) is 16.9. The van der Waals surface area contributed by atoms with Gasteiger partial charge >= 0.3 is 0 Å². The summed E-state index contributed by atoms with van der Waals surface area (Å²) in [6.45, 7) is 2.48. The molecule has 0 saturated carbocycles. The number of nitrogens with one attached hydrogen (secondary N) is 2. The van der Waals surface area contributed by atoms with Gasteiger partial charge in [0.1, 0.15) is 0 Å². The minimum atomic E-state index is -0.0536. The molecule has 1 fully saturated rings. The summed E-state index contributed by atoms with van der Waals surface area (Å²) in [5, 5.41) is 9.07. The number of halogens is 1. The largest absolute Gasteiger partial charge is 0.346 e. The van der Waals surface area contributed by atoms with Crippen molar-refractivity contribution in [2.45, 2.75) is 19.4 Å². The molecule has 8 heteroatoms. The molecule has 1 saturated heterocycles. The molecule has 1 aliphatic heterocycles. The molecule has 4 rings (SSSR count). The Morgan fingerprint density at radius 2 is 2.04 bits per heavy atom. The van der Waals surface area contributed by atoms with Crippen LogP contribution in [0.5, 0.6) is 0 Å². The Labute approximate surface area is 174 Å². The maximum absolute atomic E-state index is 12.7. The second kappa shape index (κ2) is 9.73. The summed E-state index contributed by atoms with van der Waals surface area (Å²) < 4.78 is 0. The zero-order valence-electron chi connectivity index (χ0n) is 15.3. The fraction of sp³-hybridized carbons (Fsp3) is 0.300. The molecule has 2 aromatic heterocycles. The number of amides is 1. The van der Waals surface area contributed by atoms with E-state index in [0.717, 1.165) is 41.3 Å². The normalized spacial score (nSPS) is 15.8. The van der Waals surface area contributed by atoms with E-state index in [1.165, 1.54) is 17.8 Å². The summed E-state index contributed by atoms with van der Waals surface area (Å²) in [5.74, 6) is 1.16. The topological polar surface area (TPSA) is 79.8 Å². The van der Waals surface area contributed by atoms with E-state index in [4.69, 9.17) is 0 Å². The lowest BCUT2D eigenvalue weighted by Crippen LogP contribution is -2.24. The second-order valence-electron chi connectivity index (χ2n) is 6.62. The van der Waals surface area contributed by atoms with Crippen LogP contribution in [-0.4, -0.2) is 33.9 Å².